The maximum atomic E-state index is 13.5. The molecular formula is C24H37F3O. The van der Waals surface area contributed by atoms with Crippen LogP contribution in [0.1, 0.15) is 78.6 Å². The minimum Gasteiger partial charge on any atom is -0.380 e. The third-order valence-electron chi connectivity index (χ3n) is 10.3. The van der Waals surface area contributed by atoms with Gasteiger partial charge in [0, 0.05) is 0 Å². The number of halogens is 3. The molecule has 4 aliphatic carbocycles. The van der Waals surface area contributed by atoms with Crippen molar-refractivity contribution in [3.05, 3.63) is 12.7 Å². The Morgan fingerprint density at radius 3 is 2.29 bits per heavy atom. The van der Waals surface area contributed by atoms with Crippen LogP contribution in [0.5, 0.6) is 0 Å². The van der Waals surface area contributed by atoms with Gasteiger partial charge in [0.15, 0.2) is 5.60 Å². The predicted octanol–water partition coefficient (Wildman–Crippen LogP) is 6.76. The summed E-state index contributed by atoms with van der Waals surface area (Å²) in [5, 5.41) is 10.3. The van der Waals surface area contributed by atoms with E-state index in [9.17, 15) is 18.3 Å². The van der Waals surface area contributed by atoms with E-state index in [-0.39, 0.29) is 24.2 Å². The molecule has 0 aromatic heterocycles. The second-order valence-electron chi connectivity index (χ2n) is 11.2. The standard InChI is InChI=1S/C24H37F3O/c1-5-15(2)18-8-9-19-17-7-6-16-14-23(28,24(25,26)27)13-12-21(16,3)20(17)10-11-22(18,19)4/h5,15-20,28H,1,6-14H2,2-4H3/t15-,16-,17+,18-,19+,20+,21+,22-,23-/m1/s1. The molecule has 0 amide bonds. The van der Waals surface area contributed by atoms with Gasteiger partial charge < -0.3 is 5.11 Å². The molecule has 4 aliphatic rings. The molecular weight excluding hydrogens is 361 g/mol. The van der Waals surface area contributed by atoms with Gasteiger partial charge in [-0.15, -0.1) is 6.58 Å². The molecule has 0 aromatic rings. The smallest absolute Gasteiger partial charge is 0.380 e. The molecule has 0 saturated heterocycles. The molecule has 28 heavy (non-hydrogen) atoms. The highest BCUT2D eigenvalue weighted by Gasteiger charge is 2.65. The van der Waals surface area contributed by atoms with Gasteiger partial charge in [0.2, 0.25) is 0 Å². The molecule has 0 aliphatic heterocycles. The first-order valence-electron chi connectivity index (χ1n) is 11.4. The lowest BCUT2D eigenvalue weighted by molar-refractivity contribution is -0.290. The van der Waals surface area contributed by atoms with Crippen LogP contribution in [-0.2, 0) is 0 Å². The van der Waals surface area contributed by atoms with Crippen LogP contribution < -0.4 is 0 Å². The fourth-order valence-corrected chi connectivity index (χ4v) is 8.57. The molecule has 0 unspecified atom stereocenters. The second-order valence-corrected chi connectivity index (χ2v) is 11.2. The number of hydrogen-bond donors (Lipinski definition) is 1. The third kappa shape index (κ3) is 2.76. The zero-order valence-corrected chi connectivity index (χ0v) is 17.7. The Hall–Kier alpha value is -0.510. The highest BCUT2D eigenvalue weighted by molar-refractivity contribution is 5.12. The van der Waals surface area contributed by atoms with Crippen molar-refractivity contribution in [2.75, 3.05) is 0 Å². The van der Waals surface area contributed by atoms with Crippen molar-refractivity contribution in [2.24, 2.45) is 46.3 Å². The lowest BCUT2D eigenvalue weighted by Gasteiger charge is -2.62. The Morgan fingerprint density at radius 2 is 1.64 bits per heavy atom. The van der Waals surface area contributed by atoms with Crippen LogP contribution >= 0.6 is 0 Å². The fraction of sp³-hybridized carbons (Fsp3) is 0.917. The Bertz CT molecular complexity index is 630. The molecule has 4 fully saturated rings. The van der Waals surface area contributed by atoms with Gasteiger partial charge in [-0.05, 0) is 104 Å². The first-order chi connectivity index (χ1) is 13.0. The number of aliphatic hydroxyl groups is 1. The van der Waals surface area contributed by atoms with E-state index in [4.69, 9.17) is 0 Å². The van der Waals surface area contributed by atoms with Crippen molar-refractivity contribution < 1.29 is 18.3 Å². The van der Waals surface area contributed by atoms with Crippen LogP contribution in [-0.4, -0.2) is 16.9 Å². The van der Waals surface area contributed by atoms with Gasteiger partial charge >= 0.3 is 6.18 Å². The van der Waals surface area contributed by atoms with Gasteiger partial charge in [-0.3, -0.25) is 0 Å². The number of allylic oxidation sites excluding steroid dienone is 1. The average Bonchev–Trinajstić information content (AvgIpc) is 2.98. The first kappa shape index (κ1) is 20.8. The van der Waals surface area contributed by atoms with E-state index in [1.165, 1.54) is 19.3 Å². The number of hydrogen-bond acceptors (Lipinski definition) is 1. The summed E-state index contributed by atoms with van der Waals surface area (Å²) in [7, 11) is 0. The van der Waals surface area contributed by atoms with E-state index in [1.54, 1.807) is 0 Å². The van der Waals surface area contributed by atoms with Crippen molar-refractivity contribution in [2.45, 2.75) is 90.3 Å². The monoisotopic (exact) mass is 398 g/mol. The highest BCUT2D eigenvalue weighted by atomic mass is 19.4. The molecule has 0 radical (unpaired) electrons. The summed E-state index contributed by atoms with van der Waals surface area (Å²) in [6, 6.07) is 0. The van der Waals surface area contributed by atoms with Crippen LogP contribution in [0.25, 0.3) is 0 Å². The van der Waals surface area contributed by atoms with Crippen molar-refractivity contribution in [1.82, 2.24) is 0 Å². The molecule has 4 heteroatoms. The number of fused-ring (bicyclic) bond motifs is 5. The molecule has 4 saturated carbocycles. The lowest BCUT2D eigenvalue weighted by Crippen LogP contribution is -2.59. The van der Waals surface area contributed by atoms with Crippen LogP contribution in [0.2, 0.25) is 0 Å². The van der Waals surface area contributed by atoms with Crippen LogP contribution in [0, 0.1) is 46.3 Å². The third-order valence-corrected chi connectivity index (χ3v) is 10.3. The van der Waals surface area contributed by atoms with Gasteiger partial charge in [0.25, 0.3) is 0 Å². The minimum absolute atomic E-state index is 0.00257. The number of rotatable bonds is 2. The molecule has 4 rings (SSSR count). The molecule has 160 valence electrons. The fourth-order valence-electron chi connectivity index (χ4n) is 8.57. The molecule has 0 spiro atoms. The molecule has 0 aromatic carbocycles. The van der Waals surface area contributed by atoms with E-state index < -0.39 is 11.8 Å². The lowest BCUT2D eigenvalue weighted by atomic mass is 9.43. The zero-order valence-electron chi connectivity index (χ0n) is 17.7. The summed E-state index contributed by atoms with van der Waals surface area (Å²) in [6.07, 6.45) is 4.71. The summed E-state index contributed by atoms with van der Waals surface area (Å²) in [5.74, 6) is 3.12. The van der Waals surface area contributed by atoms with Crippen LogP contribution in [0.4, 0.5) is 13.2 Å². The van der Waals surface area contributed by atoms with E-state index in [0.717, 1.165) is 19.3 Å². The van der Waals surface area contributed by atoms with Crippen LogP contribution in [0.15, 0.2) is 12.7 Å². The van der Waals surface area contributed by atoms with Crippen molar-refractivity contribution in [3.8, 4) is 0 Å². The van der Waals surface area contributed by atoms with Gasteiger partial charge in [0.05, 0.1) is 0 Å². The predicted molar refractivity (Wildman–Crippen MR) is 106 cm³/mol. The first-order valence-corrected chi connectivity index (χ1v) is 11.4. The van der Waals surface area contributed by atoms with Crippen molar-refractivity contribution >= 4 is 0 Å². The topological polar surface area (TPSA) is 20.2 Å². The normalized spacial score (nSPS) is 52.3. The Kier molecular flexibility index (Phi) is 4.81. The maximum Gasteiger partial charge on any atom is 0.417 e. The summed E-state index contributed by atoms with van der Waals surface area (Å²) < 4.78 is 40.4. The van der Waals surface area contributed by atoms with E-state index in [2.05, 4.69) is 33.4 Å². The van der Waals surface area contributed by atoms with Crippen LogP contribution in [0.3, 0.4) is 0 Å². The van der Waals surface area contributed by atoms with E-state index in [1.807, 2.05) is 0 Å². The second kappa shape index (κ2) is 6.49. The highest BCUT2D eigenvalue weighted by Crippen LogP contribution is 2.69. The van der Waals surface area contributed by atoms with Gasteiger partial charge in [-0.25, -0.2) is 0 Å². The maximum absolute atomic E-state index is 13.5. The Labute approximate surface area is 168 Å². The summed E-state index contributed by atoms with van der Waals surface area (Å²) in [4.78, 5) is 0. The number of alkyl halides is 3. The summed E-state index contributed by atoms with van der Waals surface area (Å²) in [6.45, 7) is 11.1. The minimum atomic E-state index is -4.50. The molecule has 0 bridgehead atoms. The Balaban J connectivity index is 1.57. The molecule has 1 N–H and O–H groups in total. The summed E-state index contributed by atoms with van der Waals surface area (Å²) >= 11 is 0. The molecule has 1 nitrogen and oxygen atoms in total. The largest absolute Gasteiger partial charge is 0.417 e. The van der Waals surface area contributed by atoms with E-state index >= 15 is 0 Å². The summed E-state index contributed by atoms with van der Waals surface area (Å²) in [5.41, 5.74) is -2.14. The average molecular weight is 399 g/mol. The molecule has 0 heterocycles. The SMILES string of the molecule is C=C[C@@H](C)[C@H]1CC[C@H]2[C@@H]3CC[C@@H]4C[C@@](O)(C(F)(F)F)CC[C@]4(C)[C@H]3CC[C@]12C. The quantitative estimate of drug-likeness (QED) is 0.509. The van der Waals surface area contributed by atoms with Gasteiger partial charge in [-0.2, -0.15) is 13.2 Å². The van der Waals surface area contributed by atoms with Gasteiger partial charge in [-0.1, -0.05) is 26.8 Å². The molecule has 9 atom stereocenters. The Morgan fingerprint density at radius 1 is 0.964 bits per heavy atom. The van der Waals surface area contributed by atoms with Crippen molar-refractivity contribution in [1.29, 1.82) is 0 Å². The van der Waals surface area contributed by atoms with Crippen molar-refractivity contribution in [3.63, 3.8) is 0 Å². The zero-order chi connectivity index (χ0) is 20.5. The van der Waals surface area contributed by atoms with Gasteiger partial charge in [0.1, 0.15) is 0 Å². The van der Waals surface area contributed by atoms with E-state index in [0.29, 0.717) is 41.4 Å².